The monoisotopic (exact) mass is 466 g/mol. The number of fused-ring (bicyclic) bond motifs is 1. The molecule has 3 amide bonds. The van der Waals surface area contributed by atoms with Crippen LogP contribution in [0.2, 0.25) is 5.02 Å². The lowest BCUT2D eigenvalue weighted by Gasteiger charge is -2.29. The number of amides is 3. The summed E-state index contributed by atoms with van der Waals surface area (Å²) in [6.07, 6.45) is -9.13. The van der Waals surface area contributed by atoms with Gasteiger partial charge in [-0.1, -0.05) is 35.9 Å². The third-order valence-electron chi connectivity index (χ3n) is 4.98. The molecule has 2 aromatic rings. The normalized spacial score (nSPS) is 27.9. The number of carbonyl (C=O) groups is 4. The van der Waals surface area contributed by atoms with Crippen LogP contribution in [0, 0.1) is 0 Å². The first-order chi connectivity index (χ1) is 17.4. The standard InChI is InChI=1S/C23H19ClF2N2O4/c24-16-5-3-15(4-6-16)23(25,26)19(29)9-2-13-1-7-17-14(11-13)12-28(22(17)32)18-8-10-20(30)27-21(18)31/h1,3-7,11,18H,2,8-10,12H2,(H,27,30,31)/i2D2,8D2,10D,18D. The van der Waals surface area contributed by atoms with Crippen LogP contribution in [-0.2, 0) is 33.2 Å². The van der Waals surface area contributed by atoms with Crippen LogP contribution in [0.3, 0.4) is 0 Å². The number of aryl methyl sites for hydroxylation is 1. The molecule has 1 fully saturated rings. The van der Waals surface area contributed by atoms with Crippen LogP contribution < -0.4 is 5.32 Å². The molecule has 0 aliphatic carbocycles. The number of alkyl halides is 2. The van der Waals surface area contributed by atoms with Gasteiger partial charge < -0.3 is 4.90 Å². The fourth-order valence-corrected chi connectivity index (χ4v) is 3.46. The number of piperidine rings is 1. The lowest BCUT2D eigenvalue weighted by molar-refractivity contribution is -0.144. The summed E-state index contributed by atoms with van der Waals surface area (Å²) in [6, 6.07) is 4.58. The van der Waals surface area contributed by atoms with E-state index < -0.39 is 73.1 Å². The second-order valence-electron chi connectivity index (χ2n) is 7.08. The molecule has 32 heavy (non-hydrogen) atoms. The zero-order chi connectivity index (χ0) is 28.4. The van der Waals surface area contributed by atoms with Crippen LogP contribution >= 0.6 is 11.6 Å². The molecule has 2 heterocycles. The third-order valence-corrected chi connectivity index (χ3v) is 5.23. The van der Waals surface area contributed by atoms with Gasteiger partial charge >= 0.3 is 5.92 Å². The zero-order valence-electron chi connectivity index (χ0n) is 22.2. The number of rotatable bonds is 6. The molecule has 2 aliphatic rings. The number of imide groups is 1. The first-order valence-corrected chi connectivity index (χ1v) is 9.72. The maximum absolute atomic E-state index is 14.7. The summed E-state index contributed by atoms with van der Waals surface area (Å²) in [5.41, 5.74) is -0.974. The Morgan fingerprint density at radius 2 is 1.97 bits per heavy atom. The van der Waals surface area contributed by atoms with Crippen molar-refractivity contribution in [1.29, 1.82) is 0 Å². The fourth-order valence-electron chi connectivity index (χ4n) is 3.33. The maximum Gasteiger partial charge on any atom is 0.330 e. The Bertz CT molecular complexity index is 1370. The summed E-state index contributed by atoms with van der Waals surface area (Å²) in [4.78, 5) is 50.3. The third kappa shape index (κ3) is 4.14. The second kappa shape index (κ2) is 8.43. The molecule has 2 aromatic carbocycles. The van der Waals surface area contributed by atoms with E-state index in [1.54, 1.807) is 5.32 Å². The van der Waals surface area contributed by atoms with Crippen LogP contribution in [-0.4, -0.2) is 34.4 Å². The van der Waals surface area contributed by atoms with Gasteiger partial charge in [0.05, 0.1) is 1.37 Å². The molecule has 1 N–H and O–H groups in total. The summed E-state index contributed by atoms with van der Waals surface area (Å²) in [5.74, 6) is -9.40. The van der Waals surface area contributed by atoms with Gasteiger partial charge in [0, 0.05) is 42.4 Å². The van der Waals surface area contributed by atoms with E-state index >= 15 is 0 Å². The van der Waals surface area contributed by atoms with E-state index in [1.807, 2.05) is 0 Å². The number of nitrogens with zero attached hydrogens (tertiary/aromatic N) is 1. The van der Waals surface area contributed by atoms with Crippen LogP contribution in [0.15, 0.2) is 42.5 Å². The van der Waals surface area contributed by atoms with Crippen LogP contribution in [0.4, 0.5) is 8.78 Å². The SMILES string of the molecule is [2H]C1C(=O)NC(=O)C([2H])(N2Cc3cc(C([2H])([2H])CC(=O)C(F)(F)c4ccc(Cl)cc4)ccc3C2=O)C1([2H])[2H]. The van der Waals surface area contributed by atoms with Gasteiger partial charge in [-0.3, -0.25) is 24.5 Å². The number of benzene rings is 2. The van der Waals surface area contributed by atoms with Crippen molar-refractivity contribution in [2.45, 2.75) is 44.0 Å². The highest BCUT2D eigenvalue weighted by atomic mass is 35.5. The van der Waals surface area contributed by atoms with E-state index in [4.69, 9.17) is 19.8 Å². The Labute approximate surface area is 196 Å². The lowest BCUT2D eigenvalue weighted by atomic mass is 9.97. The highest BCUT2D eigenvalue weighted by molar-refractivity contribution is 6.30. The van der Waals surface area contributed by atoms with E-state index in [0.29, 0.717) is 4.90 Å². The minimum Gasteiger partial charge on any atom is -0.322 e. The zero-order valence-corrected chi connectivity index (χ0v) is 17.0. The van der Waals surface area contributed by atoms with Crippen LogP contribution in [0.25, 0.3) is 0 Å². The van der Waals surface area contributed by atoms with Crippen molar-refractivity contribution in [1.82, 2.24) is 10.2 Å². The first-order valence-electron chi connectivity index (χ1n) is 12.4. The molecule has 0 aromatic heterocycles. The topological polar surface area (TPSA) is 83.6 Å². The smallest absolute Gasteiger partial charge is 0.322 e. The van der Waals surface area contributed by atoms with Gasteiger partial charge in [0.1, 0.15) is 6.02 Å². The Balaban J connectivity index is 1.61. The van der Waals surface area contributed by atoms with Crippen LogP contribution in [0.1, 0.15) is 54.5 Å². The van der Waals surface area contributed by atoms with Gasteiger partial charge in [-0.2, -0.15) is 8.78 Å². The Hall–Kier alpha value is -3.13. The molecule has 9 heteroatoms. The Morgan fingerprint density at radius 1 is 1.25 bits per heavy atom. The molecule has 0 bridgehead atoms. The van der Waals surface area contributed by atoms with Gasteiger partial charge in [0.25, 0.3) is 5.91 Å². The molecule has 2 unspecified atom stereocenters. The summed E-state index contributed by atoms with van der Waals surface area (Å²) >= 11 is 5.69. The molecular weight excluding hydrogens is 442 g/mol. The average molecular weight is 467 g/mol. The lowest BCUT2D eigenvalue weighted by Crippen LogP contribution is -2.52. The number of carbonyl (C=O) groups excluding carboxylic acids is 4. The Morgan fingerprint density at radius 3 is 2.69 bits per heavy atom. The summed E-state index contributed by atoms with van der Waals surface area (Å²) in [5, 5.41) is 1.90. The van der Waals surface area contributed by atoms with E-state index in [0.717, 1.165) is 30.3 Å². The molecule has 166 valence electrons. The molecular formula is C23H19ClF2N2O4. The van der Waals surface area contributed by atoms with Gasteiger partial charge in [0.15, 0.2) is 0 Å². The van der Waals surface area contributed by atoms with Crippen molar-refractivity contribution in [2.75, 3.05) is 0 Å². The molecule has 0 saturated carbocycles. The number of ketones is 1. The minimum atomic E-state index is -4.01. The van der Waals surface area contributed by atoms with Gasteiger partial charge in [0.2, 0.25) is 17.6 Å². The molecule has 2 atom stereocenters. The molecule has 0 radical (unpaired) electrons. The molecule has 6 nitrogen and oxygen atoms in total. The van der Waals surface area contributed by atoms with Crippen molar-refractivity contribution >= 4 is 35.1 Å². The highest BCUT2D eigenvalue weighted by Gasteiger charge is 2.41. The number of Topliss-reactive ketones (excluding diaryl/α,β-unsaturated/α-hetero) is 1. The van der Waals surface area contributed by atoms with E-state index in [-0.39, 0.29) is 21.7 Å². The minimum absolute atomic E-state index is 0.0435. The summed E-state index contributed by atoms with van der Waals surface area (Å²) < 4.78 is 78.5. The van der Waals surface area contributed by atoms with Gasteiger partial charge in [-0.25, -0.2) is 0 Å². The highest BCUT2D eigenvalue weighted by Crippen LogP contribution is 2.32. The van der Waals surface area contributed by atoms with Gasteiger partial charge in [-0.15, -0.1) is 0 Å². The van der Waals surface area contributed by atoms with E-state index in [9.17, 15) is 28.0 Å². The van der Waals surface area contributed by atoms with E-state index in [2.05, 4.69) is 0 Å². The number of hydrogen-bond donors (Lipinski definition) is 1. The molecule has 2 aliphatic heterocycles. The van der Waals surface area contributed by atoms with Crippen molar-refractivity contribution in [3.05, 3.63) is 69.7 Å². The second-order valence-corrected chi connectivity index (χ2v) is 7.51. The molecule has 4 rings (SSSR count). The number of halogens is 3. The average Bonchev–Trinajstić information content (AvgIpc) is 3.18. The maximum atomic E-state index is 14.7. The summed E-state index contributed by atoms with van der Waals surface area (Å²) in [7, 11) is 0. The molecule has 1 saturated heterocycles. The fraction of sp³-hybridized carbons (Fsp3) is 0.304. The van der Waals surface area contributed by atoms with Crippen molar-refractivity contribution in [2.24, 2.45) is 0 Å². The summed E-state index contributed by atoms with van der Waals surface area (Å²) in [6.45, 7) is -0.565. The molecule has 0 spiro atoms. The Kier molecular flexibility index (Phi) is 4.12. The van der Waals surface area contributed by atoms with Gasteiger partial charge in [-0.05, 0) is 42.1 Å². The number of nitrogens with one attached hydrogen (secondary N) is 1. The quantitative estimate of drug-likeness (QED) is 0.661. The largest absolute Gasteiger partial charge is 0.330 e. The van der Waals surface area contributed by atoms with Crippen LogP contribution in [0.5, 0.6) is 0 Å². The predicted molar refractivity (Wildman–Crippen MR) is 111 cm³/mol. The van der Waals surface area contributed by atoms with Crippen molar-refractivity contribution in [3.63, 3.8) is 0 Å². The number of hydrogen-bond acceptors (Lipinski definition) is 4. The van der Waals surface area contributed by atoms with Crippen molar-refractivity contribution in [3.8, 4) is 0 Å². The predicted octanol–water partition coefficient (Wildman–Crippen LogP) is 3.39. The van der Waals surface area contributed by atoms with E-state index in [1.165, 1.54) is 12.1 Å². The van der Waals surface area contributed by atoms with Crippen molar-refractivity contribution < 1.29 is 36.2 Å². The first kappa shape index (κ1) is 15.6.